The van der Waals surface area contributed by atoms with Gasteiger partial charge in [0.1, 0.15) is 11.6 Å². The lowest BCUT2D eigenvalue weighted by molar-refractivity contribution is -0.125. The van der Waals surface area contributed by atoms with E-state index in [0.29, 0.717) is 31.1 Å². The largest absolute Gasteiger partial charge is 0.338 e. The Hall–Kier alpha value is -1.75. The highest BCUT2D eigenvalue weighted by atomic mass is 19.1. The van der Waals surface area contributed by atoms with Crippen LogP contribution in [0.15, 0.2) is 18.2 Å². The molecule has 2 aliphatic rings. The van der Waals surface area contributed by atoms with Crippen LogP contribution in [0.2, 0.25) is 0 Å². The van der Waals surface area contributed by atoms with Crippen molar-refractivity contribution >= 4 is 11.7 Å². The number of nitrogens with zero attached hydrogens (tertiary/aromatic N) is 2. The van der Waals surface area contributed by atoms with Crippen molar-refractivity contribution in [2.45, 2.75) is 85.1 Å². The van der Waals surface area contributed by atoms with Gasteiger partial charge in [0.2, 0.25) is 0 Å². The van der Waals surface area contributed by atoms with Crippen molar-refractivity contribution in [2.24, 2.45) is 11.3 Å². The zero-order valence-corrected chi connectivity index (χ0v) is 20.8. The molecule has 1 amide bonds. The van der Waals surface area contributed by atoms with E-state index in [9.17, 15) is 9.59 Å². The maximum absolute atomic E-state index is 15.0. The number of carbonyl (C=O) groups excluding carboxylic acids is 2. The standard InChI is InChI=1S/C27H41FN2O2/c1-19-8-7-13-30(18-19)21-11-14-29(15-12-21)25(32)22-10-9-20(16-23(22)28)27(5,6)24(31)17-26(2,3)4/h9-10,16,19,21H,7-8,11-15,17-18H2,1-6H3. The van der Waals surface area contributed by atoms with E-state index in [1.807, 2.05) is 34.6 Å². The van der Waals surface area contributed by atoms with E-state index in [-0.39, 0.29) is 22.7 Å². The fraction of sp³-hybridized carbons (Fsp3) is 0.704. The van der Waals surface area contributed by atoms with Crippen molar-refractivity contribution in [3.8, 4) is 0 Å². The van der Waals surface area contributed by atoms with Crippen LogP contribution in [0.5, 0.6) is 0 Å². The molecule has 1 atom stereocenters. The van der Waals surface area contributed by atoms with Crippen molar-refractivity contribution in [3.05, 3.63) is 35.1 Å². The first kappa shape index (κ1) is 24.9. The summed E-state index contributed by atoms with van der Waals surface area (Å²) in [5, 5.41) is 0. The Balaban J connectivity index is 1.65. The molecule has 2 aliphatic heterocycles. The molecule has 178 valence electrons. The third-order valence-corrected chi connectivity index (χ3v) is 7.27. The lowest BCUT2D eigenvalue weighted by Gasteiger charge is -2.41. The van der Waals surface area contributed by atoms with Crippen molar-refractivity contribution in [2.75, 3.05) is 26.2 Å². The number of amides is 1. The van der Waals surface area contributed by atoms with Crippen LogP contribution in [0.25, 0.3) is 0 Å². The van der Waals surface area contributed by atoms with Crippen LogP contribution >= 0.6 is 0 Å². The highest BCUT2D eigenvalue weighted by molar-refractivity contribution is 5.95. The first-order chi connectivity index (χ1) is 14.9. The highest BCUT2D eigenvalue weighted by Crippen LogP contribution is 2.32. The molecule has 4 nitrogen and oxygen atoms in total. The predicted octanol–water partition coefficient (Wildman–Crippen LogP) is 5.45. The summed E-state index contributed by atoms with van der Waals surface area (Å²) < 4.78 is 15.0. The number of carbonyl (C=O) groups is 2. The number of Topliss-reactive ketones (excluding diaryl/α,β-unsaturated/α-hetero) is 1. The fourth-order valence-corrected chi connectivity index (χ4v) is 5.10. The van der Waals surface area contributed by atoms with E-state index < -0.39 is 11.2 Å². The van der Waals surface area contributed by atoms with Gasteiger partial charge < -0.3 is 4.90 Å². The Morgan fingerprint density at radius 3 is 2.25 bits per heavy atom. The van der Waals surface area contributed by atoms with E-state index >= 15 is 4.39 Å². The van der Waals surface area contributed by atoms with Gasteiger partial charge in [0.05, 0.1) is 5.56 Å². The molecule has 0 N–H and O–H groups in total. The summed E-state index contributed by atoms with van der Waals surface area (Å²) in [5.74, 6) is 0.0579. The maximum atomic E-state index is 15.0. The summed E-state index contributed by atoms with van der Waals surface area (Å²) in [6.45, 7) is 15.7. The number of rotatable bonds is 5. The van der Waals surface area contributed by atoms with E-state index in [1.54, 1.807) is 17.0 Å². The minimum absolute atomic E-state index is 0.0811. The second-order valence-corrected chi connectivity index (χ2v) is 11.7. The van der Waals surface area contributed by atoms with Crippen molar-refractivity contribution < 1.29 is 14.0 Å². The molecule has 2 heterocycles. The van der Waals surface area contributed by atoms with Gasteiger partial charge in [-0.2, -0.15) is 0 Å². The molecule has 1 aromatic carbocycles. The second-order valence-electron chi connectivity index (χ2n) is 11.7. The summed E-state index contributed by atoms with van der Waals surface area (Å²) >= 11 is 0. The third-order valence-electron chi connectivity index (χ3n) is 7.27. The van der Waals surface area contributed by atoms with Crippen molar-refractivity contribution in [1.82, 2.24) is 9.80 Å². The Bertz CT molecular complexity index is 835. The lowest BCUT2D eigenvalue weighted by atomic mass is 9.74. The molecular weight excluding hydrogens is 403 g/mol. The number of ketones is 1. The van der Waals surface area contributed by atoms with Crippen LogP contribution in [0.3, 0.4) is 0 Å². The van der Waals surface area contributed by atoms with Crippen LogP contribution in [0.4, 0.5) is 4.39 Å². The second kappa shape index (κ2) is 9.62. The molecule has 0 saturated carbocycles. The fourth-order valence-electron chi connectivity index (χ4n) is 5.10. The van der Waals surface area contributed by atoms with Crippen LogP contribution in [-0.2, 0) is 10.2 Å². The molecule has 2 fully saturated rings. The molecule has 0 radical (unpaired) electrons. The molecule has 0 aromatic heterocycles. The first-order valence-corrected chi connectivity index (χ1v) is 12.2. The zero-order valence-electron chi connectivity index (χ0n) is 20.8. The predicted molar refractivity (Wildman–Crippen MR) is 127 cm³/mol. The van der Waals surface area contributed by atoms with Gasteiger partial charge >= 0.3 is 0 Å². The topological polar surface area (TPSA) is 40.6 Å². The van der Waals surface area contributed by atoms with Crippen LogP contribution < -0.4 is 0 Å². The monoisotopic (exact) mass is 444 g/mol. The summed E-state index contributed by atoms with van der Waals surface area (Å²) in [5.41, 5.74) is -0.183. The summed E-state index contributed by atoms with van der Waals surface area (Å²) in [4.78, 5) is 30.3. The Kier molecular flexibility index (Phi) is 7.48. The minimum atomic E-state index is -0.792. The molecule has 0 bridgehead atoms. The molecule has 1 unspecified atom stereocenters. The van der Waals surface area contributed by atoms with Gasteiger partial charge in [-0.25, -0.2) is 4.39 Å². The number of piperidine rings is 2. The Morgan fingerprint density at radius 1 is 1.03 bits per heavy atom. The molecule has 2 saturated heterocycles. The van der Waals surface area contributed by atoms with Gasteiger partial charge in [0.25, 0.3) is 5.91 Å². The van der Waals surface area contributed by atoms with E-state index in [0.717, 1.165) is 31.8 Å². The molecule has 0 aliphatic carbocycles. The number of benzene rings is 1. The first-order valence-electron chi connectivity index (χ1n) is 12.2. The van der Waals surface area contributed by atoms with Gasteiger partial charge in [-0.15, -0.1) is 0 Å². The van der Waals surface area contributed by atoms with Crippen LogP contribution in [0.1, 0.15) is 89.6 Å². The zero-order chi connectivity index (χ0) is 23.7. The Labute approximate surface area is 193 Å². The van der Waals surface area contributed by atoms with Crippen molar-refractivity contribution in [3.63, 3.8) is 0 Å². The highest BCUT2D eigenvalue weighted by Gasteiger charge is 2.34. The van der Waals surface area contributed by atoms with Gasteiger partial charge in [0, 0.05) is 37.5 Å². The lowest BCUT2D eigenvalue weighted by Crippen LogP contribution is -2.49. The molecule has 1 aromatic rings. The minimum Gasteiger partial charge on any atom is -0.338 e. The van der Waals surface area contributed by atoms with Crippen LogP contribution in [0, 0.1) is 17.2 Å². The molecule has 5 heteroatoms. The SMILES string of the molecule is CC1CCCN(C2CCN(C(=O)c3ccc(C(C)(C)C(=O)CC(C)(C)C)cc3F)CC2)C1. The van der Waals surface area contributed by atoms with Crippen LogP contribution in [-0.4, -0.2) is 53.7 Å². The number of hydrogen-bond acceptors (Lipinski definition) is 3. The molecule has 32 heavy (non-hydrogen) atoms. The molecular formula is C27H41FN2O2. The average Bonchev–Trinajstić information content (AvgIpc) is 2.72. The van der Waals surface area contributed by atoms with Gasteiger partial charge in [-0.1, -0.05) is 33.8 Å². The van der Waals surface area contributed by atoms with Gasteiger partial charge in [-0.05, 0) is 75.1 Å². The smallest absolute Gasteiger partial charge is 0.256 e. The summed E-state index contributed by atoms with van der Waals surface area (Å²) in [6.07, 6.45) is 4.89. The van der Waals surface area contributed by atoms with E-state index in [1.165, 1.54) is 18.9 Å². The number of halogens is 1. The quantitative estimate of drug-likeness (QED) is 0.607. The normalized spacial score (nSPS) is 21.6. The molecule has 3 rings (SSSR count). The Morgan fingerprint density at radius 2 is 1.69 bits per heavy atom. The van der Waals surface area contributed by atoms with Crippen molar-refractivity contribution in [1.29, 1.82) is 0 Å². The summed E-state index contributed by atoms with van der Waals surface area (Å²) in [7, 11) is 0. The van der Waals surface area contributed by atoms with Gasteiger partial charge in [0.15, 0.2) is 0 Å². The molecule has 0 spiro atoms. The maximum Gasteiger partial charge on any atom is 0.256 e. The van der Waals surface area contributed by atoms with Gasteiger partial charge in [-0.3, -0.25) is 14.5 Å². The third kappa shape index (κ3) is 5.78. The average molecular weight is 445 g/mol. The summed E-state index contributed by atoms with van der Waals surface area (Å²) in [6, 6.07) is 5.23. The van der Waals surface area contributed by atoms with E-state index in [2.05, 4.69) is 11.8 Å². The number of likely N-dealkylation sites (tertiary alicyclic amines) is 2. The van der Waals surface area contributed by atoms with E-state index in [4.69, 9.17) is 0 Å². The number of hydrogen-bond donors (Lipinski definition) is 0.